The highest BCUT2D eigenvalue weighted by molar-refractivity contribution is 5.85. The summed E-state index contributed by atoms with van der Waals surface area (Å²) in [7, 11) is 1.56. The second kappa shape index (κ2) is 10.8. The Labute approximate surface area is 186 Å². The van der Waals surface area contributed by atoms with E-state index in [1.165, 1.54) is 18.9 Å². The van der Waals surface area contributed by atoms with Crippen LogP contribution in [0.5, 0.6) is 11.5 Å². The van der Waals surface area contributed by atoms with Crippen LogP contribution in [0, 0.1) is 6.92 Å². The summed E-state index contributed by atoms with van der Waals surface area (Å²) >= 11 is 0. The molecule has 168 valence electrons. The van der Waals surface area contributed by atoms with Crippen LogP contribution in [0.4, 0.5) is 0 Å². The molecule has 0 saturated carbocycles. The first-order chi connectivity index (χ1) is 15.5. The van der Waals surface area contributed by atoms with E-state index in [0.29, 0.717) is 35.1 Å². The Morgan fingerprint density at radius 3 is 2.50 bits per heavy atom. The van der Waals surface area contributed by atoms with Crippen LogP contribution < -0.4 is 14.9 Å². The maximum absolute atomic E-state index is 12.7. The fourth-order valence-corrected chi connectivity index (χ4v) is 4.01. The topological polar surface area (TPSA) is 86.1 Å². The van der Waals surface area contributed by atoms with E-state index in [1.54, 1.807) is 7.11 Å². The Morgan fingerprint density at radius 2 is 1.88 bits per heavy atom. The minimum absolute atomic E-state index is 0.113. The molecule has 4 rings (SSSR count). The van der Waals surface area contributed by atoms with Crippen LogP contribution in [0.1, 0.15) is 25.3 Å². The summed E-state index contributed by atoms with van der Waals surface area (Å²) in [5, 5.41) is 0.470. The molecule has 7 heteroatoms. The van der Waals surface area contributed by atoms with Crippen molar-refractivity contribution in [2.75, 3.05) is 26.8 Å². The molecule has 1 fully saturated rings. The molecule has 0 aliphatic carbocycles. The third-order valence-corrected chi connectivity index (χ3v) is 5.64. The maximum atomic E-state index is 12.7. The number of carbonyl (C=O) groups excluding carboxylic acids is 2. The highest BCUT2D eigenvalue weighted by Crippen LogP contribution is 2.29. The van der Waals surface area contributed by atoms with Gasteiger partial charge < -0.3 is 13.9 Å². The molecular formula is C25H27NO6. The molecule has 0 spiro atoms. The monoisotopic (exact) mass is 437 g/mol. The molecule has 0 bridgehead atoms. The van der Waals surface area contributed by atoms with Gasteiger partial charge in [0.15, 0.2) is 5.43 Å². The molecule has 0 amide bonds. The number of benzene rings is 2. The predicted molar refractivity (Wildman–Crippen MR) is 120 cm³/mol. The van der Waals surface area contributed by atoms with Crippen molar-refractivity contribution in [2.45, 2.75) is 32.7 Å². The molecule has 0 N–H and O–H groups in total. The maximum Gasteiger partial charge on any atom is 0.373 e. The summed E-state index contributed by atoms with van der Waals surface area (Å²) in [5.74, 6) is 1.89. The van der Waals surface area contributed by atoms with Gasteiger partial charge in [0, 0.05) is 24.2 Å². The zero-order chi connectivity index (χ0) is 23.1. The standard InChI is InChI=1S/C24H27NO4.CO2/c1-16-13-22(27-3)24-20(26)15-21(29-23(24)14-16)18-6-8-19(9-7-18)28-12-11-25-10-4-5-17(25)2;2-1-3/h6-9,13-15,17H,4-5,10-12H2,1-3H3;/t17-;/m1./s1. The summed E-state index contributed by atoms with van der Waals surface area (Å²) in [5.41, 5.74) is 2.23. The average molecular weight is 437 g/mol. The van der Waals surface area contributed by atoms with Gasteiger partial charge in [-0.3, -0.25) is 9.69 Å². The van der Waals surface area contributed by atoms with E-state index in [4.69, 9.17) is 23.5 Å². The largest absolute Gasteiger partial charge is 0.496 e. The second-order valence-corrected chi connectivity index (χ2v) is 7.80. The van der Waals surface area contributed by atoms with Crippen LogP contribution in [0.15, 0.2) is 51.7 Å². The normalized spacial score (nSPS) is 15.7. The van der Waals surface area contributed by atoms with Crippen LogP contribution >= 0.6 is 0 Å². The van der Waals surface area contributed by atoms with Crippen molar-refractivity contribution in [3.8, 4) is 22.8 Å². The third kappa shape index (κ3) is 5.44. The summed E-state index contributed by atoms with van der Waals surface area (Å²) < 4.78 is 17.3. The number of fused-ring (bicyclic) bond motifs is 1. The van der Waals surface area contributed by atoms with E-state index in [9.17, 15) is 4.79 Å². The van der Waals surface area contributed by atoms with E-state index >= 15 is 0 Å². The van der Waals surface area contributed by atoms with Gasteiger partial charge in [-0.25, -0.2) is 0 Å². The highest BCUT2D eigenvalue weighted by Gasteiger charge is 2.19. The van der Waals surface area contributed by atoms with Gasteiger partial charge in [0.2, 0.25) is 0 Å². The minimum atomic E-state index is -0.113. The molecular weight excluding hydrogens is 410 g/mol. The second-order valence-electron chi connectivity index (χ2n) is 7.80. The number of hydrogen-bond acceptors (Lipinski definition) is 7. The van der Waals surface area contributed by atoms with Gasteiger partial charge in [0.05, 0.1) is 7.11 Å². The molecule has 2 heterocycles. The van der Waals surface area contributed by atoms with Crippen molar-refractivity contribution in [3.05, 3.63) is 58.3 Å². The van der Waals surface area contributed by atoms with E-state index in [2.05, 4.69) is 11.8 Å². The number of ether oxygens (including phenoxy) is 2. The third-order valence-electron chi connectivity index (χ3n) is 5.64. The van der Waals surface area contributed by atoms with E-state index in [-0.39, 0.29) is 11.6 Å². The first-order valence-corrected chi connectivity index (χ1v) is 10.6. The lowest BCUT2D eigenvalue weighted by atomic mass is 10.1. The van der Waals surface area contributed by atoms with Gasteiger partial charge >= 0.3 is 6.15 Å². The van der Waals surface area contributed by atoms with Crippen LogP contribution in [0.2, 0.25) is 0 Å². The van der Waals surface area contributed by atoms with Crippen LogP contribution in [0.25, 0.3) is 22.3 Å². The molecule has 2 aromatic carbocycles. The predicted octanol–water partition coefficient (Wildman–Crippen LogP) is 4.06. The van der Waals surface area contributed by atoms with E-state index in [0.717, 1.165) is 30.0 Å². The number of nitrogens with zero attached hydrogens (tertiary/aromatic N) is 1. The number of hydrogen-bond donors (Lipinski definition) is 0. The summed E-state index contributed by atoms with van der Waals surface area (Å²) in [4.78, 5) is 31.4. The molecule has 7 nitrogen and oxygen atoms in total. The number of likely N-dealkylation sites (tertiary alicyclic amines) is 1. The van der Waals surface area contributed by atoms with E-state index in [1.807, 2.05) is 43.3 Å². The highest BCUT2D eigenvalue weighted by atomic mass is 16.5. The van der Waals surface area contributed by atoms with Gasteiger partial charge in [-0.1, -0.05) is 0 Å². The number of rotatable bonds is 6. The molecule has 1 saturated heterocycles. The van der Waals surface area contributed by atoms with Gasteiger partial charge in [-0.2, -0.15) is 9.59 Å². The molecule has 1 atom stereocenters. The quantitative estimate of drug-likeness (QED) is 0.575. The Morgan fingerprint density at radius 1 is 1.16 bits per heavy atom. The zero-order valence-electron chi connectivity index (χ0n) is 18.6. The summed E-state index contributed by atoms with van der Waals surface area (Å²) in [6, 6.07) is 13.6. The Balaban J connectivity index is 0.000000913. The first-order valence-electron chi connectivity index (χ1n) is 10.6. The van der Waals surface area contributed by atoms with Crippen molar-refractivity contribution in [3.63, 3.8) is 0 Å². The Bertz CT molecular complexity index is 1150. The first kappa shape index (κ1) is 23.3. The van der Waals surface area contributed by atoms with Gasteiger partial charge in [-0.05, 0) is 75.2 Å². The summed E-state index contributed by atoms with van der Waals surface area (Å²) in [6.07, 6.45) is 2.80. The molecule has 0 unspecified atom stereocenters. The fourth-order valence-electron chi connectivity index (χ4n) is 4.01. The molecule has 32 heavy (non-hydrogen) atoms. The fraction of sp³-hybridized carbons (Fsp3) is 0.360. The average Bonchev–Trinajstić information content (AvgIpc) is 3.18. The minimum Gasteiger partial charge on any atom is -0.496 e. The Kier molecular flexibility index (Phi) is 7.82. The lowest BCUT2D eigenvalue weighted by Gasteiger charge is -2.20. The van der Waals surface area contributed by atoms with Crippen LogP contribution in [0.3, 0.4) is 0 Å². The molecule has 0 radical (unpaired) electrons. The summed E-state index contributed by atoms with van der Waals surface area (Å²) in [6.45, 7) is 7.01. The molecule has 3 aromatic rings. The Hall–Kier alpha value is -3.41. The number of aryl methyl sites for hydroxylation is 1. The van der Waals surface area contributed by atoms with Crippen LogP contribution in [-0.4, -0.2) is 43.9 Å². The lowest BCUT2D eigenvalue weighted by molar-refractivity contribution is -0.191. The zero-order valence-corrected chi connectivity index (χ0v) is 18.6. The lowest BCUT2D eigenvalue weighted by Crippen LogP contribution is -2.31. The van der Waals surface area contributed by atoms with Crippen molar-refractivity contribution < 1.29 is 23.5 Å². The van der Waals surface area contributed by atoms with Crippen molar-refractivity contribution in [1.29, 1.82) is 0 Å². The SMILES string of the molecule is COc1cc(C)cc2oc(-c3ccc(OCCN4CCC[C@H]4C)cc3)cc(=O)c12.O=C=O. The van der Waals surface area contributed by atoms with Gasteiger partial charge in [0.1, 0.15) is 34.8 Å². The van der Waals surface area contributed by atoms with Gasteiger partial charge in [0.25, 0.3) is 0 Å². The van der Waals surface area contributed by atoms with Crippen LogP contribution in [-0.2, 0) is 9.59 Å². The van der Waals surface area contributed by atoms with E-state index < -0.39 is 0 Å². The molecule has 1 aliphatic rings. The molecule has 1 aliphatic heterocycles. The van der Waals surface area contributed by atoms with Crippen molar-refractivity contribution in [1.82, 2.24) is 4.90 Å². The van der Waals surface area contributed by atoms with Crippen molar-refractivity contribution in [2.24, 2.45) is 0 Å². The number of methoxy groups -OCH3 is 1. The smallest absolute Gasteiger partial charge is 0.373 e. The van der Waals surface area contributed by atoms with Gasteiger partial charge in [-0.15, -0.1) is 0 Å². The van der Waals surface area contributed by atoms with Crippen molar-refractivity contribution >= 4 is 17.1 Å². The molecule has 1 aromatic heterocycles.